The van der Waals surface area contributed by atoms with Crippen molar-refractivity contribution in [1.82, 2.24) is 9.61 Å². The summed E-state index contributed by atoms with van der Waals surface area (Å²) in [5.41, 5.74) is 6.49. The Bertz CT molecular complexity index is 521. The van der Waals surface area contributed by atoms with Crippen LogP contribution in [0.25, 0.3) is 5.52 Å². The van der Waals surface area contributed by atoms with E-state index in [1.807, 2.05) is 0 Å². The first-order valence-electron chi connectivity index (χ1n) is 3.76. The van der Waals surface area contributed by atoms with E-state index < -0.39 is 5.97 Å². The second kappa shape index (κ2) is 2.98. The van der Waals surface area contributed by atoms with Gasteiger partial charge in [0.05, 0.1) is 17.4 Å². The average molecular weight is 256 g/mol. The highest BCUT2D eigenvalue weighted by Crippen LogP contribution is 2.22. The third kappa shape index (κ3) is 1.15. The molecule has 2 rings (SSSR count). The fourth-order valence-corrected chi connectivity index (χ4v) is 1.63. The molecule has 0 aliphatic heterocycles. The molecule has 0 atom stereocenters. The van der Waals surface area contributed by atoms with Gasteiger partial charge in [0.2, 0.25) is 0 Å². The molecule has 3 N–H and O–H groups in total. The van der Waals surface area contributed by atoms with Crippen molar-refractivity contribution in [3.05, 3.63) is 28.5 Å². The third-order valence-corrected chi connectivity index (χ3v) is 2.51. The summed E-state index contributed by atoms with van der Waals surface area (Å²) in [6, 6.07) is 3.46. The van der Waals surface area contributed by atoms with Gasteiger partial charge < -0.3 is 10.8 Å². The molecule has 5 nitrogen and oxygen atoms in total. The van der Waals surface area contributed by atoms with Gasteiger partial charge in [-0.1, -0.05) is 0 Å². The molecule has 0 amide bonds. The van der Waals surface area contributed by atoms with Crippen LogP contribution in [-0.2, 0) is 0 Å². The smallest absolute Gasteiger partial charge is 0.339 e. The Hall–Kier alpha value is -1.56. The number of halogens is 1. The zero-order chi connectivity index (χ0) is 10.3. The van der Waals surface area contributed by atoms with Gasteiger partial charge in [-0.25, -0.2) is 9.31 Å². The van der Waals surface area contributed by atoms with Crippen LogP contribution in [0.15, 0.2) is 22.9 Å². The Labute approximate surface area is 87.3 Å². The Morgan fingerprint density at radius 2 is 2.29 bits per heavy atom. The molecule has 0 saturated heterocycles. The molecule has 0 saturated carbocycles. The van der Waals surface area contributed by atoms with Gasteiger partial charge >= 0.3 is 5.97 Å². The summed E-state index contributed by atoms with van der Waals surface area (Å²) >= 11 is 3.26. The second-order valence-corrected chi connectivity index (χ2v) is 3.54. The average Bonchev–Trinajstić information content (AvgIpc) is 2.49. The van der Waals surface area contributed by atoms with Crippen molar-refractivity contribution in [1.29, 1.82) is 0 Å². The number of nitrogen functional groups attached to an aromatic ring is 1. The number of nitrogens with zero attached hydrogens (tertiary/aromatic N) is 2. The first-order chi connectivity index (χ1) is 6.61. The van der Waals surface area contributed by atoms with Crippen LogP contribution in [0.5, 0.6) is 0 Å². The Balaban J connectivity index is 2.82. The zero-order valence-corrected chi connectivity index (χ0v) is 8.52. The summed E-state index contributed by atoms with van der Waals surface area (Å²) in [6.07, 6.45) is 1.23. The quantitative estimate of drug-likeness (QED) is 0.807. The highest BCUT2D eigenvalue weighted by molar-refractivity contribution is 9.10. The van der Waals surface area contributed by atoms with E-state index in [9.17, 15) is 4.79 Å². The monoisotopic (exact) mass is 255 g/mol. The topological polar surface area (TPSA) is 80.6 Å². The molecule has 0 aliphatic carbocycles. The van der Waals surface area contributed by atoms with Gasteiger partial charge in [-0.2, -0.15) is 5.10 Å². The lowest BCUT2D eigenvalue weighted by molar-refractivity contribution is 0.0697. The summed E-state index contributed by atoms with van der Waals surface area (Å²) in [5.74, 6) is -1.07. The van der Waals surface area contributed by atoms with Gasteiger partial charge in [0.25, 0.3) is 0 Å². The molecule has 0 aliphatic rings. The maximum Gasteiger partial charge on any atom is 0.339 e. The lowest BCUT2D eigenvalue weighted by Gasteiger charge is -2.02. The molecule has 72 valence electrons. The highest BCUT2D eigenvalue weighted by Gasteiger charge is 2.12. The van der Waals surface area contributed by atoms with Crippen LogP contribution < -0.4 is 5.73 Å². The number of anilines is 1. The molecular formula is C8H6BrN3O2. The van der Waals surface area contributed by atoms with E-state index in [-0.39, 0.29) is 11.3 Å². The fraction of sp³-hybridized carbons (Fsp3) is 0. The van der Waals surface area contributed by atoms with E-state index in [1.54, 1.807) is 12.1 Å². The number of aromatic carboxylic acids is 1. The summed E-state index contributed by atoms with van der Waals surface area (Å²) in [5, 5.41) is 12.7. The number of aromatic nitrogens is 2. The van der Waals surface area contributed by atoms with E-state index in [2.05, 4.69) is 21.0 Å². The summed E-state index contributed by atoms with van der Waals surface area (Å²) in [7, 11) is 0. The molecule has 14 heavy (non-hydrogen) atoms. The van der Waals surface area contributed by atoms with Gasteiger partial charge in [0, 0.05) is 0 Å². The van der Waals surface area contributed by atoms with Crippen LogP contribution in [0.4, 0.5) is 5.69 Å². The van der Waals surface area contributed by atoms with E-state index >= 15 is 0 Å². The Morgan fingerprint density at radius 3 is 2.93 bits per heavy atom. The number of rotatable bonds is 1. The van der Waals surface area contributed by atoms with E-state index in [0.717, 1.165) is 4.60 Å². The van der Waals surface area contributed by atoms with Gasteiger partial charge in [-0.05, 0) is 28.1 Å². The molecule has 2 aromatic rings. The molecule has 0 spiro atoms. The number of fused-ring (bicyclic) bond motifs is 1. The van der Waals surface area contributed by atoms with Gasteiger partial charge in [-0.15, -0.1) is 0 Å². The highest BCUT2D eigenvalue weighted by atomic mass is 79.9. The first-order valence-corrected chi connectivity index (χ1v) is 4.55. The number of hydrogen-bond donors (Lipinski definition) is 2. The minimum atomic E-state index is -1.07. The van der Waals surface area contributed by atoms with E-state index in [0.29, 0.717) is 5.52 Å². The van der Waals surface area contributed by atoms with Crippen LogP contribution in [0.2, 0.25) is 0 Å². The van der Waals surface area contributed by atoms with Crippen molar-refractivity contribution < 1.29 is 9.90 Å². The van der Waals surface area contributed by atoms with Crippen LogP contribution in [0, 0.1) is 0 Å². The van der Waals surface area contributed by atoms with Crippen molar-refractivity contribution in [2.45, 2.75) is 0 Å². The van der Waals surface area contributed by atoms with Crippen molar-refractivity contribution in [2.75, 3.05) is 5.73 Å². The number of hydrogen-bond acceptors (Lipinski definition) is 3. The number of nitrogens with two attached hydrogens (primary N) is 1. The third-order valence-electron chi connectivity index (χ3n) is 1.91. The normalized spacial score (nSPS) is 10.6. The van der Waals surface area contributed by atoms with Crippen molar-refractivity contribution in [2.24, 2.45) is 0 Å². The summed E-state index contributed by atoms with van der Waals surface area (Å²) in [6.45, 7) is 0. The molecular weight excluding hydrogens is 250 g/mol. The molecule has 2 heterocycles. The van der Waals surface area contributed by atoms with Crippen molar-refractivity contribution in [3.8, 4) is 0 Å². The van der Waals surface area contributed by atoms with E-state index in [4.69, 9.17) is 10.8 Å². The lowest BCUT2D eigenvalue weighted by atomic mass is 10.2. The molecule has 0 bridgehead atoms. The first kappa shape index (κ1) is 9.01. The molecule has 0 aromatic carbocycles. The van der Waals surface area contributed by atoms with Gasteiger partial charge in [0.1, 0.15) is 10.2 Å². The minimum absolute atomic E-state index is 0.0168. The van der Waals surface area contributed by atoms with Crippen molar-refractivity contribution >= 4 is 33.1 Å². The molecule has 0 unspecified atom stereocenters. The largest absolute Gasteiger partial charge is 0.478 e. The number of carboxylic acid groups (broad SMARTS) is 1. The Kier molecular flexibility index (Phi) is 1.92. The van der Waals surface area contributed by atoms with E-state index in [1.165, 1.54) is 10.7 Å². The van der Waals surface area contributed by atoms with Gasteiger partial charge in [-0.3, -0.25) is 0 Å². The SMILES string of the molecule is Nc1c(C(=O)O)cnn2c(Br)ccc12. The number of carbonyl (C=O) groups is 1. The molecule has 6 heteroatoms. The predicted octanol–water partition coefficient (Wildman–Crippen LogP) is 1.38. The maximum atomic E-state index is 10.7. The maximum absolute atomic E-state index is 10.7. The molecule has 0 fully saturated rings. The lowest BCUT2D eigenvalue weighted by Crippen LogP contribution is -2.06. The molecule has 0 radical (unpaired) electrons. The number of carboxylic acids is 1. The second-order valence-electron chi connectivity index (χ2n) is 2.73. The standard InChI is InChI=1S/C8H6BrN3O2/c9-6-2-1-5-7(10)4(8(13)14)3-11-12(5)6/h1-3H,10H2,(H,13,14). The van der Waals surface area contributed by atoms with Crippen LogP contribution >= 0.6 is 15.9 Å². The molecule has 2 aromatic heterocycles. The van der Waals surface area contributed by atoms with Crippen LogP contribution in [0.3, 0.4) is 0 Å². The van der Waals surface area contributed by atoms with Gasteiger partial charge in [0.15, 0.2) is 0 Å². The zero-order valence-electron chi connectivity index (χ0n) is 6.94. The summed E-state index contributed by atoms with van der Waals surface area (Å²) in [4.78, 5) is 10.7. The Morgan fingerprint density at radius 1 is 1.57 bits per heavy atom. The van der Waals surface area contributed by atoms with Crippen molar-refractivity contribution in [3.63, 3.8) is 0 Å². The minimum Gasteiger partial charge on any atom is -0.478 e. The summed E-state index contributed by atoms with van der Waals surface area (Å²) < 4.78 is 2.26. The fourth-order valence-electron chi connectivity index (χ4n) is 1.22. The van der Waals surface area contributed by atoms with Crippen LogP contribution in [-0.4, -0.2) is 20.7 Å². The van der Waals surface area contributed by atoms with Crippen LogP contribution in [0.1, 0.15) is 10.4 Å². The predicted molar refractivity (Wildman–Crippen MR) is 54.3 cm³/mol.